The van der Waals surface area contributed by atoms with E-state index in [1.54, 1.807) is 0 Å². The third kappa shape index (κ3) is 2.47. The summed E-state index contributed by atoms with van der Waals surface area (Å²) in [4.78, 5) is 2.57. The van der Waals surface area contributed by atoms with Crippen LogP contribution >= 0.6 is 0 Å². The average molecular weight is 198 g/mol. The molecule has 2 N–H and O–H groups in total. The highest BCUT2D eigenvalue weighted by Crippen LogP contribution is 2.23. The van der Waals surface area contributed by atoms with Crippen molar-refractivity contribution in [2.45, 2.75) is 19.3 Å². The van der Waals surface area contributed by atoms with Crippen LogP contribution in [0.4, 0.5) is 0 Å². The van der Waals surface area contributed by atoms with Crippen LogP contribution in [0, 0.1) is 11.8 Å². The Morgan fingerprint density at radius 3 is 2.71 bits per heavy atom. The van der Waals surface area contributed by atoms with Crippen molar-refractivity contribution < 1.29 is 4.74 Å². The molecule has 0 aliphatic carbocycles. The van der Waals surface area contributed by atoms with Gasteiger partial charge in [0.2, 0.25) is 0 Å². The topological polar surface area (TPSA) is 38.5 Å². The van der Waals surface area contributed by atoms with Gasteiger partial charge in [-0.3, -0.25) is 0 Å². The maximum absolute atomic E-state index is 5.85. The molecular formula is C11H22N2O. The highest BCUT2D eigenvalue weighted by molar-refractivity contribution is 4.79. The summed E-state index contributed by atoms with van der Waals surface area (Å²) in [5, 5.41) is 0. The van der Waals surface area contributed by atoms with E-state index >= 15 is 0 Å². The average Bonchev–Trinajstić information content (AvgIpc) is 2.86. The number of hydrogen-bond donors (Lipinski definition) is 1. The summed E-state index contributed by atoms with van der Waals surface area (Å²) in [6, 6.07) is 0. The third-order valence-electron chi connectivity index (χ3n) is 3.63. The fraction of sp³-hybridized carbons (Fsp3) is 1.00. The van der Waals surface area contributed by atoms with Gasteiger partial charge in [-0.25, -0.2) is 0 Å². The van der Waals surface area contributed by atoms with Crippen LogP contribution in [0.5, 0.6) is 0 Å². The maximum atomic E-state index is 5.85. The van der Waals surface area contributed by atoms with Crippen LogP contribution in [0.3, 0.4) is 0 Å². The molecule has 14 heavy (non-hydrogen) atoms. The number of hydrogen-bond acceptors (Lipinski definition) is 3. The fourth-order valence-corrected chi connectivity index (χ4v) is 2.64. The Kier molecular flexibility index (Phi) is 3.79. The zero-order valence-electron chi connectivity index (χ0n) is 8.95. The van der Waals surface area contributed by atoms with Crippen molar-refractivity contribution in [3.05, 3.63) is 0 Å². The van der Waals surface area contributed by atoms with E-state index in [4.69, 9.17) is 10.5 Å². The Morgan fingerprint density at radius 2 is 2.14 bits per heavy atom. The van der Waals surface area contributed by atoms with Crippen LogP contribution in [0.15, 0.2) is 0 Å². The van der Waals surface area contributed by atoms with Crippen molar-refractivity contribution >= 4 is 0 Å². The SMILES string of the molecule is NCC(CN1CCCC1)C1CCOC1. The van der Waals surface area contributed by atoms with Crippen LogP contribution in [0.2, 0.25) is 0 Å². The van der Waals surface area contributed by atoms with Crippen LogP contribution in [-0.2, 0) is 4.74 Å². The van der Waals surface area contributed by atoms with Gasteiger partial charge in [0.05, 0.1) is 0 Å². The predicted molar refractivity (Wildman–Crippen MR) is 57.1 cm³/mol. The fourth-order valence-electron chi connectivity index (χ4n) is 2.64. The van der Waals surface area contributed by atoms with Gasteiger partial charge in [-0.05, 0) is 50.7 Å². The molecule has 3 heteroatoms. The van der Waals surface area contributed by atoms with Crippen molar-refractivity contribution in [3.63, 3.8) is 0 Å². The Labute approximate surface area is 86.6 Å². The molecule has 2 fully saturated rings. The first-order chi connectivity index (χ1) is 6.90. The number of ether oxygens (including phenoxy) is 1. The monoisotopic (exact) mass is 198 g/mol. The van der Waals surface area contributed by atoms with Gasteiger partial charge in [-0.2, -0.15) is 0 Å². The minimum atomic E-state index is 0.663. The van der Waals surface area contributed by atoms with Crippen molar-refractivity contribution in [3.8, 4) is 0 Å². The smallest absolute Gasteiger partial charge is 0.0498 e. The van der Waals surface area contributed by atoms with Crippen molar-refractivity contribution in [1.82, 2.24) is 4.90 Å². The molecule has 0 radical (unpaired) electrons. The van der Waals surface area contributed by atoms with E-state index in [0.29, 0.717) is 5.92 Å². The Bertz CT molecular complexity index is 163. The largest absolute Gasteiger partial charge is 0.381 e. The van der Waals surface area contributed by atoms with Gasteiger partial charge in [-0.1, -0.05) is 0 Å². The quantitative estimate of drug-likeness (QED) is 0.722. The molecule has 0 spiro atoms. The van der Waals surface area contributed by atoms with Crippen LogP contribution in [0.1, 0.15) is 19.3 Å². The van der Waals surface area contributed by atoms with Gasteiger partial charge >= 0.3 is 0 Å². The molecule has 2 saturated heterocycles. The van der Waals surface area contributed by atoms with Crippen molar-refractivity contribution in [1.29, 1.82) is 0 Å². The van der Waals surface area contributed by atoms with Crippen LogP contribution in [-0.4, -0.2) is 44.3 Å². The lowest BCUT2D eigenvalue weighted by Crippen LogP contribution is -2.35. The molecule has 2 unspecified atom stereocenters. The summed E-state index contributed by atoms with van der Waals surface area (Å²) in [7, 11) is 0. The highest BCUT2D eigenvalue weighted by atomic mass is 16.5. The summed E-state index contributed by atoms with van der Waals surface area (Å²) in [6.45, 7) is 6.47. The second-order valence-corrected chi connectivity index (χ2v) is 4.63. The van der Waals surface area contributed by atoms with Gasteiger partial charge < -0.3 is 15.4 Å². The molecule has 0 aromatic carbocycles. The van der Waals surface area contributed by atoms with Crippen molar-refractivity contribution in [2.24, 2.45) is 17.6 Å². The second-order valence-electron chi connectivity index (χ2n) is 4.63. The van der Waals surface area contributed by atoms with Crippen molar-refractivity contribution in [2.75, 3.05) is 39.4 Å². The molecule has 2 atom stereocenters. The molecule has 0 bridgehead atoms. The molecule has 2 aliphatic heterocycles. The third-order valence-corrected chi connectivity index (χ3v) is 3.63. The van der Waals surface area contributed by atoms with E-state index in [1.165, 1.54) is 38.9 Å². The molecule has 2 aliphatic rings. The van der Waals surface area contributed by atoms with E-state index < -0.39 is 0 Å². The lowest BCUT2D eigenvalue weighted by molar-refractivity contribution is 0.159. The summed E-state index contributed by atoms with van der Waals surface area (Å²) in [5.74, 6) is 1.39. The van der Waals surface area contributed by atoms with Gasteiger partial charge in [0.25, 0.3) is 0 Å². The zero-order valence-corrected chi connectivity index (χ0v) is 8.95. The lowest BCUT2D eigenvalue weighted by atomic mass is 9.91. The minimum Gasteiger partial charge on any atom is -0.381 e. The first kappa shape index (κ1) is 10.4. The molecular weight excluding hydrogens is 176 g/mol. The van der Waals surface area contributed by atoms with Gasteiger partial charge in [0.1, 0.15) is 0 Å². The van der Waals surface area contributed by atoms with Crippen LogP contribution < -0.4 is 5.73 Å². The molecule has 3 nitrogen and oxygen atoms in total. The van der Waals surface area contributed by atoms with E-state index in [-0.39, 0.29) is 0 Å². The maximum Gasteiger partial charge on any atom is 0.0498 e. The summed E-state index contributed by atoms with van der Waals surface area (Å²) in [6.07, 6.45) is 3.96. The number of rotatable bonds is 4. The first-order valence-corrected chi connectivity index (χ1v) is 5.90. The number of nitrogens with two attached hydrogens (primary N) is 1. The Balaban J connectivity index is 1.79. The summed E-state index contributed by atoms with van der Waals surface area (Å²) >= 11 is 0. The van der Waals surface area contributed by atoms with E-state index in [0.717, 1.165) is 25.7 Å². The van der Waals surface area contributed by atoms with Gasteiger partial charge in [-0.15, -0.1) is 0 Å². The molecule has 0 aromatic rings. The normalized spacial score (nSPS) is 31.1. The molecule has 2 heterocycles. The lowest BCUT2D eigenvalue weighted by Gasteiger charge is -2.26. The zero-order chi connectivity index (χ0) is 9.80. The molecule has 2 rings (SSSR count). The molecule has 82 valence electrons. The first-order valence-electron chi connectivity index (χ1n) is 5.90. The number of likely N-dealkylation sites (tertiary alicyclic amines) is 1. The van der Waals surface area contributed by atoms with E-state index in [2.05, 4.69) is 4.90 Å². The second kappa shape index (κ2) is 5.10. The molecule has 0 saturated carbocycles. The van der Waals surface area contributed by atoms with E-state index in [1.807, 2.05) is 0 Å². The minimum absolute atomic E-state index is 0.663. The van der Waals surface area contributed by atoms with Gasteiger partial charge in [0, 0.05) is 19.8 Å². The van der Waals surface area contributed by atoms with Crippen LogP contribution in [0.25, 0.3) is 0 Å². The van der Waals surface area contributed by atoms with E-state index in [9.17, 15) is 0 Å². The highest BCUT2D eigenvalue weighted by Gasteiger charge is 2.27. The van der Waals surface area contributed by atoms with Gasteiger partial charge in [0.15, 0.2) is 0 Å². The summed E-state index contributed by atoms with van der Waals surface area (Å²) in [5.41, 5.74) is 5.85. The standard InChI is InChI=1S/C11H22N2O/c12-7-11(10-3-6-14-9-10)8-13-4-1-2-5-13/h10-11H,1-9,12H2. The molecule has 0 amide bonds. The summed E-state index contributed by atoms with van der Waals surface area (Å²) < 4.78 is 5.43. The number of nitrogens with zero attached hydrogens (tertiary/aromatic N) is 1. The Morgan fingerprint density at radius 1 is 1.36 bits per heavy atom. The molecule has 0 aromatic heterocycles. The Hall–Kier alpha value is -0.120. The predicted octanol–water partition coefficient (Wildman–Crippen LogP) is 0.694.